The average Bonchev–Trinajstić information content (AvgIpc) is 2.67. The second kappa shape index (κ2) is 16.6. The van der Waals surface area contributed by atoms with Crippen LogP contribution in [0.5, 0.6) is 5.75 Å². The van der Waals surface area contributed by atoms with Crippen LogP contribution in [0.1, 0.15) is 102 Å². The number of amides is 1. The van der Waals surface area contributed by atoms with Crippen LogP contribution in [0.4, 0.5) is 0 Å². The fourth-order valence-corrected chi connectivity index (χ4v) is 3.40. The first-order chi connectivity index (χ1) is 13.2. The van der Waals surface area contributed by atoms with Crippen molar-refractivity contribution in [1.29, 1.82) is 0 Å². The van der Waals surface area contributed by atoms with Gasteiger partial charge in [-0.1, -0.05) is 89.7 Å². The lowest BCUT2D eigenvalue weighted by molar-refractivity contribution is -0.121. The number of carbonyl (C=O) groups excluding carboxylic acids is 1. The van der Waals surface area contributed by atoms with Crippen molar-refractivity contribution in [3.8, 4) is 5.75 Å². The number of unbranched alkanes of at least 4 members (excludes halogenated alkanes) is 11. The number of aromatic hydroxyl groups is 1. The Labute approximate surface area is 167 Å². The monoisotopic (exact) mass is 375 g/mol. The second-order valence-corrected chi connectivity index (χ2v) is 7.76. The van der Waals surface area contributed by atoms with Crippen LogP contribution in [0, 0.1) is 0 Å². The highest BCUT2D eigenvalue weighted by atomic mass is 16.3. The summed E-state index contributed by atoms with van der Waals surface area (Å²) < 4.78 is 0. The summed E-state index contributed by atoms with van der Waals surface area (Å²) in [6.45, 7) is 3.00. The molecule has 0 saturated heterocycles. The molecule has 3 heteroatoms. The molecule has 2 N–H and O–H groups in total. The summed E-state index contributed by atoms with van der Waals surface area (Å²) in [7, 11) is 0. The van der Waals surface area contributed by atoms with E-state index in [4.69, 9.17) is 0 Å². The van der Waals surface area contributed by atoms with Gasteiger partial charge < -0.3 is 10.4 Å². The first-order valence-corrected chi connectivity index (χ1v) is 11.3. The summed E-state index contributed by atoms with van der Waals surface area (Å²) >= 11 is 0. The van der Waals surface area contributed by atoms with E-state index in [1.165, 1.54) is 76.2 Å². The zero-order valence-electron chi connectivity index (χ0n) is 17.5. The van der Waals surface area contributed by atoms with E-state index in [9.17, 15) is 9.90 Å². The highest BCUT2D eigenvalue weighted by Gasteiger charge is 2.01. The van der Waals surface area contributed by atoms with Crippen molar-refractivity contribution in [2.24, 2.45) is 0 Å². The first-order valence-electron chi connectivity index (χ1n) is 11.3. The molecule has 0 aliphatic heterocycles. The quantitative estimate of drug-likeness (QED) is 0.304. The van der Waals surface area contributed by atoms with Crippen molar-refractivity contribution < 1.29 is 9.90 Å². The second-order valence-electron chi connectivity index (χ2n) is 7.76. The first kappa shape index (κ1) is 23.5. The molecular weight excluding hydrogens is 334 g/mol. The molecule has 0 aromatic heterocycles. The molecule has 0 radical (unpaired) electrons. The molecule has 0 aliphatic carbocycles. The van der Waals surface area contributed by atoms with Crippen molar-refractivity contribution in [2.75, 3.05) is 6.54 Å². The van der Waals surface area contributed by atoms with Crippen LogP contribution in [-0.4, -0.2) is 17.6 Å². The predicted octanol–water partition coefficient (Wildman–Crippen LogP) is 6.53. The Balaban J connectivity index is 1.82. The summed E-state index contributed by atoms with van der Waals surface area (Å²) in [6, 6.07) is 7.29. The van der Waals surface area contributed by atoms with Gasteiger partial charge in [0.1, 0.15) is 5.75 Å². The van der Waals surface area contributed by atoms with Gasteiger partial charge in [0.2, 0.25) is 5.91 Å². The zero-order valence-corrected chi connectivity index (χ0v) is 17.5. The highest BCUT2D eigenvalue weighted by Crippen LogP contribution is 2.13. The molecule has 1 rings (SSSR count). The maximum atomic E-state index is 11.8. The van der Waals surface area contributed by atoms with E-state index >= 15 is 0 Å². The molecular formula is C24H41NO2. The summed E-state index contributed by atoms with van der Waals surface area (Å²) in [5.74, 6) is 0.488. The Kier molecular flexibility index (Phi) is 14.5. The fraction of sp³-hybridized carbons (Fsp3) is 0.708. The van der Waals surface area contributed by atoms with E-state index in [1.54, 1.807) is 12.1 Å². The Morgan fingerprint density at radius 2 is 1.30 bits per heavy atom. The largest absolute Gasteiger partial charge is 0.508 e. The van der Waals surface area contributed by atoms with Gasteiger partial charge in [-0.05, 0) is 37.0 Å². The fourth-order valence-electron chi connectivity index (χ4n) is 3.40. The van der Waals surface area contributed by atoms with Gasteiger partial charge in [0.25, 0.3) is 0 Å². The summed E-state index contributed by atoms with van der Waals surface area (Å²) in [6.07, 6.45) is 18.4. The van der Waals surface area contributed by atoms with Gasteiger partial charge in [-0.3, -0.25) is 4.79 Å². The third-order valence-electron chi connectivity index (χ3n) is 5.16. The van der Waals surface area contributed by atoms with Gasteiger partial charge in [-0.25, -0.2) is 0 Å². The molecule has 0 spiro atoms. The zero-order chi connectivity index (χ0) is 19.6. The molecule has 0 heterocycles. The van der Waals surface area contributed by atoms with Gasteiger partial charge in [0.15, 0.2) is 0 Å². The minimum absolute atomic E-state index is 0.188. The number of hydrogen-bond donors (Lipinski definition) is 2. The normalized spacial score (nSPS) is 10.9. The molecule has 0 saturated carbocycles. The smallest absolute Gasteiger partial charge is 0.219 e. The summed E-state index contributed by atoms with van der Waals surface area (Å²) in [4.78, 5) is 11.8. The van der Waals surface area contributed by atoms with E-state index in [0.29, 0.717) is 12.2 Å². The van der Waals surface area contributed by atoms with Gasteiger partial charge in [-0.2, -0.15) is 0 Å². The number of benzene rings is 1. The lowest BCUT2D eigenvalue weighted by Crippen LogP contribution is -2.24. The molecule has 0 atom stereocenters. The summed E-state index contributed by atoms with van der Waals surface area (Å²) in [5, 5.41) is 12.3. The van der Waals surface area contributed by atoms with Gasteiger partial charge in [-0.15, -0.1) is 0 Å². The number of carbonyl (C=O) groups is 1. The number of rotatable bonds is 17. The molecule has 1 aromatic rings. The van der Waals surface area contributed by atoms with Crippen LogP contribution >= 0.6 is 0 Å². The highest BCUT2D eigenvalue weighted by molar-refractivity contribution is 5.75. The van der Waals surface area contributed by atoms with Crippen LogP contribution in [0.2, 0.25) is 0 Å². The molecule has 154 valence electrons. The molecule has 0 fully saturated rings. The Morgan fingerprint density at radius 3 is 1.85 bits per heavy atom. The van der Waals surface area contributed by atoms with Crippen LogP contribution in [-0.2, 0) is 11.2 Å². The van der Waals surface area contributed by atoms with E-state index in [2.05, 4.69) is 12.2 Å². The predicted molar refractivity (Wildman–Crippen MR) is 115 cm³/mol. The van der Waals surface area contributed by atoms with Gasteiger partial charge in [0.05, 0.1) is 0 Å². The molecule has 1 amide bonds. The lowest BCUT2D eigenvalue weighted by atomic mass is 10.0. The number of hydrogen-bond acceptors (Lipinski definition) is 2. The van der Waals surface area contributed by atoms with Crippen molar-refractivity contribution in [1.82, 2.24) is 5.32 Å². The van der Waals surface area contributed by atoms with Gasteiger partial charge in [0, 0.05) is 13.0 Å². The van der Waals surface area contributed by atoms with E-state index < -0.39 is 0 Å². The molecule has 27 heavy (non-hydrogen) atoms. The van der Waals surface area contributed by atoms with Crippen LogP contribution in [0.3, 0.4) is 0 Å². The Hall–Kier alpha value is -1.51. The summed E-state index contributed by atoms with van der Waals surface area (Å²) in [5.41, 5.74) is 1.20. The van der Waals surface area contributed by atoms with Crippen molar-refractivity contribution >= 4 is 5.91 Å². The molecule has 0 bridgehead atoms. The topological polar surface area (TPSA) is 49.3 Å². The minimum atomic E-state index is 0.188. The van der Waals surface area contributed by atoms with E-state index in [0.717, 1.165) is 25.8 Å². The minimum Gasteiger partial charge on any atom is -0.508 e. The Morgan fingerprint density at radius 1 is 0.778 bits per heavy atom. The number of nitrogens with one attached hydrogen (secondary N) is 1. The number of phenols is 1. The standard InChI is InChI=1S/C24H41NO2/c1-2-3-4-5-6-7-8-9-10-11-12-13-16-24(27)25-21-14-15-22-17-19-23(26)20-18-22/h17-20,26H,2-16,21H2,1H3,(H,25,27). The number of aryl methyl sites for hydroxylation is 1. The van der Waals surface area contributed by atoms with E-state index in [-0.39, 0.29) is 5.91 Å². The van der Waals surface area contributed by atoms with Crippen LogP contribution in [0.25, 0.3) is 0 Å². The third kappa shape index (κ3) is 14.2. The molecule has 3 nitrogen and oxygen atoms in total. The van der Waals surface area contributed by atoms with E-state index in [1.807, 2.05) is 12.1 Å². The maximum Gasteiger partial charge on any atom is 0.219 e. The lowest BCUT2D eigenvalue weighted by Gasteiger charge is -2.06. The molecule has 0 unspecified atom stereocenters. The number of phenolic OH excluding ortho intramolecular Hbond substituents is 1. The van der Waals surface area contributed by atoms with Crippen molar-refractivity contribution in [3.05, 3.63) is 29.8 Å². The van der Waals surface area contributed by atoms with Crippen LogP contribution in [0.15, 0.2) is 24.3 Å². The van der Waals surface area contributed by atoms with Crippen molar-refractivity contribution in [3.63, 3.8) is 0 Å². The molecule has 1 aromatic carbocycles. The van der Waals surface area contributed by atoms with Crippen LogP contribution < -0.4 is 5.32 Å². The molecule has 0 aliphatic rings. The SMILES string of the molecule is CCCCCCCCCCCCCCC(=O)NCCCc1ccc(O)cc1. The van der Waals surface area contributed by atoms with Gasteiger partial charge >= 0.3 is 0 Å². The van der Waals surface area contributed by atoms with Crippen molar-refractivity contribution in [2.45, 2.75) is 103 Å². The maximum absolute atomic E-state index is 11.8. The average molecular weight is 376 g/mol. The third-order valence-corrected chi connectivity index (χ3v) is 5.16. The Bertz CT molecular complexity index is 470.